The molecule has 0 aliphatic heterocycles. The van der Waals surface area contributed by atoms with Crippen molar-refractivity contribution in [3.63, 3.8) is 0 Å². The van der Waals surface area contributed by atoms with Gasteiger partial charge in [-0.2, -0.15) is 0 Å². The maximum absolute atomic E-state index is 5.16. The smallest absolute Gasteiger partial charge is 0.147 e. The number of pyridine rings is 3. The summed E-state index contributed by atoms with van der Waals surface area (Å²) in [4.78, 5) is 14.1. The molecule has 2 aliphatic carbocycles. The van der Waals surface area contributed by atoms with Crippen molar-refractivity contribution in [2.75, 3.05) is 0 Å². The maximum Gasteiger partial charge on any atom is 0.147 e. The van der Waals surface area contributed by atoms with E-state index in [9.17, 15) is 0 Å². The van der Waals surface area contributed by atoms with Crippen molar-refractivity contribution < 1.29 is 0 Å². The maximum atomic E-state index is 5.16. The van der Waals surface area contributed by atoms with Gasteiger partial charge in [-0.25, -0.2) is 4.98 Å². The molecular formula is C27H16N4. The zero-order valence-electron chi connectivity index (χ0n) is 16.6. The number of hydrogen-bond acceptors (Lipinski definition) is 3. The summed E-state index contributed by atoms with van der Waals surface area (Å²) in [5, 5.41) is 3.44. The van der Waals surface area contributed by atoms with E-state index in [1.54, 1.807) is 0 Å². The molecule has 0 atom stereocenters. The largest absolute Gasteiger partial charge is 0.290 e. The summed E-state index contributed by atoms with van der Waals surface area (Å²) in [5.41, 5.74) is 12.7. The quantitative estimate of drug-likeness (QED) is 0.315. The zero-order valence-corrected chi connectivity index (χ0v) is 16.6. The lowest BCUT2D eigenvalue weighted by molar-refractivity contribution is 1.16. The van der Waals surface area contributed by atoms with Gasteiger partial charge in [-0.3, -0.25) is 14.4 Å². The van der Waals surface area contributed by atoms with Gasteiger partial charge in [-0.15, -0.1) is 0 Å². The van der Waals surface area contributed by atoms with Crippen molar-refractivity contribution in [1.29, 1.82) is 0 Å². The first-order chi connectivity index (χ1) is 15.4. The third-order valence-electron chi connectivity index (χ3n) is 6.98. The summed E-state index contributed by atoms with van der Waals surface area (Å²) >= 11 is 0. The molecule has 0 fully saturated rings. The van der Waals surface area contributed by atoms with Crippen molar-refractivity contribution in [1.82, 2.24) is 19.4 Å². The van der Waals surface area contributed by atoms with Gasteiger partial charge in [-0.1, -0.05) is 36.4 Å². The topological polar surface area (TPSA) is 43.1 Å². The average Bonchev–Trinajstić information content (AvgIpc) is 3.48. The van der Waals surface area contributed by atoms with E-state index in [-0.39, 0.29) is 0 Å². The van der Waals surface area contributed by atoms with Gasteiger partial charge in [-0.05, 0) is 51.8 Å². The summed E-state index contributed by atoms with van der Waals surface area (Å²) in [6, 6.07) is 17.6. The second-order valence-electron chi connectivity index (χ2n) is 8.52. The van der Waals surface area contributed by atoms with Crippen LogP contribution in [0.1, 0.15) is 22.4 Å². The Balaban J connectivity index is 1.59. The van der Waals surface area contributed by atoms with Crippen LogP contribution in [0.25, 0.3) is 49.7 Å². The van der Waals surface area contributed by atoms with Gasteiger partial charge >= 0.3 is 0 Å². The molecule has 0 saturated carbocycles. The fourth-order valence-corrected chi connectivity index (χ4v) is 5.73. The Bertz CT molecular complexity index is 1740. The molecule has 144 valence electrons. The van der Waals surface area contributed by atoms with Gasteiger partial charge < -0.3 is 0 Å². The minimum Gasteiger partial charge on any atom is -0.290 e. The number of hydrogen-bond donors (Lipinski definition) is 0. The molecule has 6 aromatic rings. The lowest BCUT2D eigenvalue weighted by Gasteiger charge is -2.13. The first-order valence-electron chi connectivity index (χ1n) is 10.6. The van der Waals surface area contributed by atoms with Crippen LogP contribution in [0.3, 0.4) is 0 Å². The highest BCUT2D eigenvalue weighted by Gasteiger charge is 2.32. The van der Waals surface area contributed by atoms with Crippen molar-refractivity contribution in [3.8, 4) is 22.4 Å². The Morgan fingerprint density at radius 3 is 2.42 bits per heavy atom. The molecule has 4 heterocycles. The standard InChI is InChI=1S/C27H16N4/c1-2-4-18-15(3-1)11-16-5-6-17-12-22-26(25(17)24(16)18)31-23-14-29-10-8-20(23)19-7-9-28-13-21(19)27(31)30-22/h1-10,13-14H,11-12H2. The normalized spacial score (nSPS) is 13.5. The highest BCUT2D eigenvalue weighted by Crippen LogP contribution is 2.50. The molecule has 4 nitrogen and oxygen atoms in total. The van der Waals surface area contributed by atoms with Crippen LogP contribution >= 0.6 is 0 Å². The monoisotopic (exact) mass is 396 g/mol. The molecule has 0 spiro atoms. The van der Waals surface area contributed by atoms with E-state index in [0.29, 0.717) is 0 Å². The molecule has 2 aliphatic rings. The number of aromatic nitrogens is 4. The van der Waals surface area contributed by atoms with Gasteiger partial charge in [0.2, 0.25) is 0 Å². The molecule has 0 radical (unpaired) electrons. The predicted octanol–water partition coefficient (Wildman–Crippen LogP) is 5.57. The third-order valence-corrected chi connectivity index (χ3v) is 6.98. The number of nitrogens with zero attached hydrogens (tertiary/aromatic N) is 4. The van der Waals surface area contributed by atoms with Crippen molar-refractivity contribution in [3.05, 3.63) is 95.7 Å². The molecule has 0 unspecified atom stereocenters. The van der Waals surface area contributed by atoms with Crippen LogP contribution in [0.4, 0.5) is 0 Å². The first kappa shape index (κ1) is 15.7. The minimum absolute atomic E-state index is 0.866. The lowest BCUT2D eigenvalue weighted by atomic mass is 9.95. The lowest BCUT2D eigenvalue weighted by Crippen LogP contribution is -1.96. The SMILES string of the molecule is c1ccc2c(c1)Cc1ccc3c(c1-2)-c1c(nc2c4cnccc4c4ccncc4n12)C3. The van der Waals surface area contributed by atoms with Crippen LogP contribution < -0.4 is 0 Å². The number of benzene rings is 2. The van der Waals surface area contributed by atoms with Gasteiger partial charge in [0.15, 0.2) is 0 Å². The summed E-state index contributed by atoms with van der Waals surface area (Å²) in [6.07, 6.45) is 9.50. The van der Waals surface area contributed by atoms with Crippen LogP contribution in [-0.4, -0.2) is 19.4 Å². The Morgan fingerprint density at radius 1 is 0.677 bits per heavy atom. The van der Waals surface area contributed by atoms with Crippen LogP contribution in [0.5, 0.6) is 0 Å². The zero-order chi connectivity index (χ0) is 20.1. The molecule has 0 N–H and O–H groups in total. The summed E-state index contributed by atoms with van der Waals surface area (Å²) in [5.74, 6) is 0. The molecule has 31 heavy (non-hydrogen) atoms. The average molecular weight is 396 g/mol. The number of fused-ring (bicyclic) bond motifs is 14. The number of imidazole rings is 1. The van der Waals surface area contributed by atoms with Crippen LogP contribution in [0, 0.1) is 0 Å². The van der Waals surface area contributed by atoms with Crippen LogP contribution in [-0.2, 0) is 12.8 Å². The van der Waals surface area contributed by atoms with Crippen molar-refractivity contribution in [2.45, 2.75) is 12.8 Å². The van der Waals surface area contributed by atoms with Crippen LogP contribution in [0.2, 0.25) is 0 Å². The molecule has 4 heteroatoms. The Hall–Kier alpha value is -4.05. The third kappa shape index (κ3) is 1.84. The Kier molecular flexibility index (Phi) is 2.72. The Morgan fingerprint density at radius 2 is 1.48 bits per heavy atom. The van der Waals surface area contributed by atoms with Crippen molar-refractivity contribution in [2.24, 2.45) is 0 Å². The fraction of sp³-hybridized carbons (Fsp3) is 0.0741. The summed E-state index contributed by atoms with van der Waals surface area (Å²) < 4.78 is 2.33. The van der Waals surface area contributed by atoms with Crippen LogP contribution in [0.15, 0.2) is 73.3 Å². The molecule has 4 aromatic heterocycles. The fourth-order valence-electron chi connectivity index (χ4n) is 5.73. The van der Waals surface area contributed by atoms with Gasteiger partial charge in [0.05, 0.1) is 23.1 Å². The molecule has 0 bridgehead atoms. The number of rotatable bonds is 0. The molecular weight excluding hydrogens is 380 g/mol. The molecule has 0 amide bonds. The minimum atomic E-state index is 0.866. The molecule has 8 rings (SSSR count). The van der Waals surface area contributed by atoms with E-state index in [4.69, 9.17) is 4.98 Å². The van der Waals surface area contributed by atoms with E-state index >= 15 is 0 Å². The van der Waals surface area contributed by atoms with E-state index < -0.39 is 0 Å². The first-order valence-corrected chi connectivity index (χ1v) is 10.6. The highest BCUT2D eigenvalue weighted by atomic mass is 15.0. The van der Waals surface area contributed by atoms with Gasteiger partial charge in [0.25, 0.3) is 0 Å². The van der Waals surface area contributed by atoms with Gasteiger partial charge in [0.1, 0.15) is 5.65 Å². The Labute approximate surface area is 177 Å². The van der Waals surface area contributed by atoms with Crippen molar-refractivity contribution >= 4 is 27.3 Å². The highest BCUT2D eigenvalue weighted by molar-refractivity contribution is 6.12. The predicted molar refractivity (Wildman–Crippen MR) is 122 cm³/mol. The van der Waals surface area contributed by atoms with E-state index in [0.717, 1.165) is 35.1 Å². The van der Waals surface area contributed by atoms with E-state index in [2.05, 4.69) is 62.9 Å². The van der Waals surface area contributed by atoms with E-state index in [1.165, 1.54) is 49.8 Å². The summed E-state index contributed by atoms with van der Waals surface area (Å²) in [6.45, 7) is 0. The summed E-state index contributed by atoms with van der Waals surface area (Å²) in [7, 11) is 0. The van der Waals surface area contributed by atoms with E-state index in [1.807, 2.05) is 24.8 Å². The molecule has 2 aromatic carbocycles. The second-order valence-corrected chi connectivity index (χ2v) is 8.52. The van der Waals surface area contributed by atoms with Gasteiger partial charge in [0, 0.05) is 41.3 Å². The second kappa shape index (κ2) is 5.35. The molecule has 0 saturated heterocycles.